The summed E-state index contributed by atoms with van der Waals surface area (Å²) >= 11 is 0. The second-order valence-electron chi connectivity index (χ2n) is 15.0. The highest BCUT2D eigenvalue weighted by Gasteiger charge is 2.81. The number of carboxylic acids is 1. The normalized spacial score (nSPS) is 36.0. The van der Waals surface area contributed by atoms with Gasteiger partial charge in [0, 0.05) is 23.2 Å². The van der Waals surface area contributed by atoms with Gasteiger partial charge in [0.25, 0.3) is 0 Å². The van der Waals surface area contributed by atoms with E-state index >= 15 is 8.78 Å². The number of aliphatic carboxylic acids is 1. The van der Waals surface area contributed by atoms with Gasteiger partial charge < -0.3 is 5.11 Å². The first-order chi connectivity index (χ1) is 20.5. The number of rotatable bonds is 7. The Kier molecular flexibility index (Phi) is 6.26. The third-order valence-electron chi connectivity index (χ3n) is 11.8. The second-order valence-corrected chi connectivity index (χ2v) is 15.0. The SMILES string of the molecule is CCc1cc(C23CC(C)(C2)C3)ccc1C1=C(C)C(c2c(F)cc(/C=C/C(=O)O)cc2F)N(C23CC(C(F)(F)F)(C2)C3)C(C)C1. The van der Waals surface area contributed by atoms with Crippen LogP contribution in [0.4, 0.5) is 22.0 Å². The van der Waals surface area contributed by atoms with E-state index in [1.807, 2.05) is 18.7 Å². The molecule has 2 aromatic rings. The van der Waals surface area contributed by atoms with Gasteiger partial charge in [-0.15, -0.1) is 0 Å². The Morgan fingerprint density at radius 3 is 2.18 bits per heavy atom. The summed E-state index contributed by atoms with van der Waals surface area (Å²) < 4.78 is 73.6. The van der Waals surface area contributed by atoms with E-state index in [-0.39, 0.29) is 41.8 Å². The van der Waals surface area contributed by atoms with Gasteiger partial charge in [0.05, 0.1) is 11.5 Å². The Morgan fingerprint density at radius 2 is 1.66 bits per heavy atom. The van der Waals surface area contributed by atoms with Crippen LogP contribution in [0.5, 0.6) is 0 Å². The summed E-state index contributed by atoms with van der Waals surface area (Å²) in [4.78, 5) is 13.0. The van der Waals surface area contributed by atoms with Crippen LogP contribution in [0.3, 0.4) is 0 Å². The lowest BCUT2D eigenvalue weighted by atomic mass is 9.34. The number of alkyl halides is 3. The van der Waals surface area contributed by atoms with Gasteiger partial charge in [0.15, 0.2) is 0 Å². The molecule has 6 saturated carbocycles. The van der Waals surface area contributed by atoms with Crippen LogP contribution in [0.1, 0.15) is 106 Å². The van der Waals surface area contributed by atoms with E-state index in [9.17, 15) is 18.0 Å². The van der Waals surface area contributed by atoms with Crippen LogP contribution in [0.2, 0.25) is 0 Å². The molecule has 4 bridgehead atoms. The molecule has 0 spiro atoms. The number of carboxylic acid groups (broad SMARTS) is 1. The smallest absolute Gasteiger partial charge is 0.394 e. The number of hydrogen-bond acceptors (Lipinski definition) is 2. The van der Waals surface area contributed by atoms with Crippen LogP contribution in [0, 0.1) is 22.5 Å². The summed E-state index contributed by atoms with van der Waals surface area (Å²) in [7, 11) is 0. The van der Waals surface area contributed by atoms with Crippen molar-refractivity contribution < 1.29 is 31.9 Å². The molecular weight excluding hydrogens is 573 g/mol. The van der Waals surface area contributed by atoms with Crippen molar-refractivity contribution in [2.45, 2.75) is 108 Å². The molecule has 2 atom stereocenters. The first-order valence-electron chi connectivity index (χ1n) is 15.6. The third kappa shape index (κ3) is 4.04. The summed E-state index contributed by atoms with van der Waals surface area (Å²) in [5, 5.41) is 8.98. The van der Waals surface area contributed by atoms with Gasteiger partial charge in [-0.2, -0.15) is 13.2 Å². The van der Waals surface area contributed by atoms with E-state index < -0.39 is 40.8 Å². The van der Waals surface area contributed by atoms with Gasteiger partial charge in [-0.05, 0) is 128 Å². The minimum atomic E-state index is -4.30. The summed E-state index contributed by atoms with van der Waals surface area (Å²) in [5.74, 6) is -2.91. The fraction of sp³-hybridized carbons (Fsp3) is 0.528. The molecular formula is C36H38F5NO2. The maximum atomic E-state index is 16.0. The highest BCUT2D eigenvalue weighted by molar-refractivity contribution is 5.85. The Balaban J connectivity index is 1.33. The highest BCUT2D eigenvalue weighted by atomic mass is 19.4. The molecule has 3 nitrogen and oxygen atoms in total. The van der Waals surface area contributed by atoms with Crippen molar-refractivity contribution in [3.63, 3.8) is 0 Å². The van der Waals surface area contributed by atoms with Crippen molar-refractivity contribution >= 4 is 17.6 Å². The van der Waals surface area contributed by atoms with Crippen molar-refractivity contribution in [2.75, 3.05) is 0 Å². The average molecular weight is 612 g/mol. The number of halogens is 5. The zero-order chi connectivity index (χ0) is 31.6. The molecule has 0 amide bonds. The highest BCUT2D eigenvalue weighted by Crippen LogP contribution is 2.77. The van der Waals surface area contributed by atoms with E-state index in [1.165, 1.54) is 30.4 Å². The summed E-state index contributed by atoms with van der Waals surface area (Å²) in [6.07, 6.45) is 2.42. The van der Waals surface area contributed by atoms with E-state index in [1.54, 1.807) is 0 Å². The lowest BCUT2D eigenvalue weighted by Crippen LogP contribution is -2.80. The summed E-state index contributed by atoms with van der Waals surface area (Å²) in [6, 6.07) is 7.74. The second kappa shape index (κ2) is 9.27. The van der Waals surface area contributed by atoms with Crippen molar-refractivity contribution in [3.05, 3.63) is 81.4 Å². The average Bonchev–Trinajstić information content (AvgIpc) is 2.85. The number of nitrogens with zero attached hydrogens (tertiary/aromatic N) is 1. The molecule has 0 aromatic heterocycles. The van der Waals surface area contributed by atoms with Crippen molar-refractivity contribution in [3.8, 4) is 0 Å². The maximum Gasteiger partial charge on any atom is 0.394 e. The van der Waals surface area contributed by atoms with Crippen LogP contribution in [0.15, 0.2) is 42.0 Å². The molecule has 2 aromatic carbocycles. The summed E-state index contributed by atoms with van der Waals surface area (Å²) in [5.41, 5.74) is 3.47. The molecule has 0 saturated heterocycles. The van der Waals surface area contributed by atoms with Gasteiger partial charge in [0.1, 0.15) is 11.6 Å². The molecule has 9 rings (SSSR count). The molecule has 8 heteroatoms. The molecule has 44 heavy (non-hydrogen) atoms. The minimum Gasteiger partial charge on any atom is -0.478 e. The van der Waals surface area contributed by atoms with Crippen molar-refractivity contribution in [1.82, 2.24) is 4.90 Å². The van der Waals surface area contributed by atoms with Crippen molar-refractivity contribution in [1.29, 1.82) is 0 Å². The van der Waals surface area contributed by atoms with Gasteiger partial charge in [-0.3, -0.25) is 4.90 Å². The van der Waals surface area contributed by atoms with E-state index in [4.69, 9.17) is 5.11 Å². The molecule has 1 N–H and O–H groups in total. The molecule has 2 unspecified atom stereocenters. The van der Waals surface area contributed by atoms with E-state index in [0.29, 0.717) is 11.8 Å². The molecule has 1 heterocycles. The summed E-state index contributed by atoms with van der Waals surface area (Å²) in [6.45, 7) is 8.28. The quantitative estimate of drug-likeness (QED) is 0.251. The number of aryl methyl sites for hydroxylation is 1. The molecule has 234 valence electrons. The predicted octanol–water partition coefficient (Wildman–Crippen LogP) is 9.16. The fourth-order valence-electron chi connectivity index (χ4n) is 10.2. The number of hydrogen-bond donors (Lipinski definition) is 1. The largest absolute Gasteiger partial charge is 0.478 e. The lowest BCUT2D eigenvalue weighted by Gasteiger charge is -2.76. The third-order valence-corrected chi connectivity index (χ3v) is 11.8. The Hall–Kier alpha value is -3.00. The standard InChI is InChI=1S/C36H38F5NO2/c1-5-23-13-24(33-14-32(4,15-33)16-33)7-8-25(23)26-10-20(2)42(35-17-34(18-35,19-35)36(39,40)41)31(21(26)3)30-27(37)11-22(12-28(30)38)6-9-29(43)44/h6-9,11-13,20,31H,5,10,14-19H2,1-4H3,(H,43,44)/b9-6+. The first kappa shape index (κ1) is 29.7. The predicted molar refractivity (Wildman–Crippen MR) is 159 cm³/mol. The Labute approximate surface area is 254 Å². The topological polar surface area (TPSA) is 40.5 Å². The molecule has 7 aliphatic rings. The monoisotopic (exact) mass is 611 g/mol. The van der Waals surface area contributed by atoms with Crippen LogP contribution in [-0.4, -0.2) is 33.7 Å². The number of benzene rings is 2. The van der Waals surface area contributed by atoms with E-state index in [2.05, 4.69) is 32.0 Å². The van der Waals surface area contributed by atoms with Crippen molar-refractivity contribution in [2.24, 2.45) is 10.8 Å². The Bertz CT molecular complexity index is 1590. The molecule has 0 radical (unpaired) electrons. The number of carbonyl (C=O) groups is 1. The molecule has 6 aliphatic carbocycles. The maximum absolute atomic E-state index is 16.0. The van der Waals surface area contributed by atoms with Gasteiger partial charge in [-0.1, -0.05) is 32.0 Å². The van der Waals surface area contributed by atoms with Gasteiger partial charge in [-0.25, -0.2) is 13.6 Å². The minimum absolute atomic E-state index is 0.0640. The lowest BCUT2D eigenvalue weighted by molar-refractivity contribution is -0.368. The van der Waals surface area contributed by atoms with Crippen LogP contribution in [0.25, 0.3) is 11.6 Å². The fourth-order valence-corrected chi connectivity index (χ4v) is 10.2. The Morgan fingerprint density at radius 1 is 1.05 bits per heavy atom. The zero-order valence-corrected chi connectivity index (χ0v) is 25.5. The molecule has 6 fully saturated rings. The van der Waals surface area contributed by atoms with Gasteiger partial charge >= 0.3 is 12.1 Å². The van der Waals surface area contributed by atoms with E-state index in [0.717, 1.165) is 47.4 Å². The first-order valence-corrected chi connectivity index (χ1v) is 15.6. The van der Waals surface area contributed by atoms with Crippen LogP contribution < -0.4 is 0 Å². The van der Waals surface area contributed by atoms with Crippen LogP contribution in [-0.2, 0) is 16.6 Å². The zero-order valence-electron chi connectivity index (χ0n) is 25.5. The van der Waals surface area contributed by atoms with Crippen LogP contribution >= 0.6 is 0 Å². The molecule has 1 aliphatic heterocycles. The van der Waals surface area contributed by atoms with Gasteiger partial charge in [0.2, 0.25) is 0 Å².